The Bertz CT molecular complexity index is 1430. The lowest BCUT2D eigenvalue weighted by atomic mass is 9.85. The van der Waals surface area contributed by atoms with Gasteiger partial charge < -0.3 is 4.74 Å². The van der Waals surface area contributed by atoms with Crippen molar-refractivity contribution in [3.63, 3.8) is 0 Å². The Hall–Kier alpha value is -3.74. The highest BCUT2D eigenvalue weighted by molar-refractivity contribution is 5.91. The average Bonchev–Trinajstić information content (AvgIpc) is 3.41. The van der Waals surface area contributed by atoms with Crippen LogP contribution >= 0.6 is 0 Å². The Balaban J connectivity index is 1.28. The normalized spacial score (nSPS) is 19.4. The smallest absolute Gasteiger partial charge is 0.341 e. The lowest BCUT2D eigenvalue weighted by Gasteiger charge is -2.21. The molecular formula is C31H35N5O2. The molecule has 7 nitrogen and oxygen atoms in total. The van der Waals surface area contributed by atoms with Crippen molar-refractivity contribution in [2.75, 3.05) is 7.11 Å². The Labute approximate surface area is 223 Å². The van der Waals surface area contributed by atoms with Crippen LogP contribution in [0, 0.1) is 5.92 Å². The van der Waals surface area contributed by atoms with Crippen molar-refractivity contribution in [1.82, 2.24) is 24.8 Å². The van der Waals surface area contributed by atoms with Gasteiger partial charge in [0.25, 0.3) is 0 Å². The van der Waals surface area contributed by atoms with E-state index in [-0.39, 0.29) is 17.8 Å². The van der Waals surface area contributed by atoms with Gasteiger partial charge in [0.05, 0.1) is 30.4 Å². The summed E-state index contributed by atoms with van der Waals surface area (Å²) in [7, 11) is 3.28. The summed E-state index contributed by atoms with van der Waals surface area (Å²) in [5, 5.41) is 13.1. The van der Waals surface area contributed by atoms with E-state index < -0.39 is 0 Å². The largest absolute Gasteiger partial charge is 0.465 e. The number of aryl methyl sites for hydroxylation is 2. The zero-order chi connectivity index (χ0) is 26.1. The zero-order valence-corrected chi connectivity index (χ0v) is 22.2. The molecule has 0 radical (unpaired) electrons. The van der Waals surface area contributed by atoms with E-state index in [1.165, 1.54) is 56.8 Å². The lowest BCUT2D eigenvalue weighted by molar-refractivity contribution is 0.0599. The van der Waals surface area contributed by atoms with Crippen molar-refractivity contribution in [3.05, 3.63) is 83.4 Å². The van der Waals surface area contributed by atoms with Crippen LogP contribution in [0.3, 0.4) is 0 Å². The van der Waals surface area contributed by atoms with E-state index in [0.29, 0.717) is 5.56 Å². The van der Waals surface area contributed by atoms with Gasteiger partial charge >= 0.3 is 5.97 Å². The third-order valence-electron chi connectivity index (χ3n) is 8.27. The van der Waals surface area contributed by atoms with Crippen LogP contribution in [0.5, 0.6) is 0 Å². The number of hydrogen-bond donors (Lipinski definition) is 0. The third-order valence-corrected chi connectivity index (χ3v) is 8.27. The van der Waals surface area contributed by atoms with Crippen molar-refractivity contribution in [3.8, 4) is 16.8 Å². The SMILES string of the molecule is COC(=O)c1cnn(-c2cccc(-c3cccc(CCC4CCCCC4)c3)c2)c1C1CC1c1cn(C)nn1. The fourth-order valence-corrected chi connectivity index (χ4v) is 6.12. The topological polar surface area (TPSA) is 74.8 Å². The predicted molar refractivity (Wildman–Crippen MR) is 146 cm³/mol. The standard InChI is InChI=1S/C31H35N5O2/c1-35-20-29(33-34-35)26-18-27(26)30-28(31(37)38-2)19-32-36(30)25-13-7-12-24(17-25)23-11-6-10-22(16-23)15-14-21-8-4-3-5-9-21/h6-7,10-13,16-17,19-21,26-27H,3-5,8-9,14-15,18H2,1-2H3. The molecule has 2 fully saturated rings. The maximum absolute atomic E-state index is 12.7. The second-order valence-corrected chi connectivity index (χ2v) is 10.9. The highest BCUT2D eigenvalue weighted by atomic mass is 16.5. The van der Waals surface area contributed by atoms with Crippen molar-refractivity contribution in [1.29, 1.82) is 0 Å². The molecule has 0 aliphatic heterocycles. The molecule has 0 bridgehead atoms. The Morgan fingerprint density at radius 1 is 1.03 bits per heavy atom. The monoisotopic (exact) mass is 509 g/mol. The highest BCUT2D eigenvalue weighted by Gasteiger charge is 2.46. The van der Waals surface area contributed by atoms with Gasteiger partial charge in [-0.2, -0.15) is 5.10 Å². The van der Waals surface area contributed by atoms with Gasteiger partial charge in [-0.3, -0.25) is 4.68 Å². The molecule has 4 aromatic rings. The maximum atomic E-state index is 12.7. The Morgan fingerprint density at radius 2 is 1.82 bits per heavy atom. The number of rotatable bonds is 8. The minimum Gasteiger partial charge on any atom is -0.465 e. The molecule has 7 heteroatoms. The van der Waals surface area contributed by atoms with Crippen molar-refractivity contribution in [2.45, 2.75) is 63.2 Å². The summed E-state index contributed by atoms with van der Waals surface area (Å²) in [5.41, 5.74) is 7.02. The molecule has 0 spiro atoms. The zero-order valence-electron chi connectivity index (χ0n) is 22.2. The van der Waals surface area contributed by atoms with E-state index in [0.717, 1.165) is 41.4 Å². The Kier molecular flexibility index (Phi) is 6.83. The molecule has 0 N–H and O–H groups in total. The van der Waals surface area contributed by atoms with E-state index in [4.69, 9.17) is 4.74 Å². The van der Waals surface area contributed by atoms with Gasteiger partial charge in [-0.05, 0) is 54.0 Å². The van der Waals surface area contributed by atoms with Crippen LogP contribution in [-0.2, 0) is 18.2 Å². The molecule has 196 valence electrons. The van der Waals surface area contributed by atoms with Crippen LogP contribution < -0.4 is 0 Å². The van der Waals surface area contributed by atoms with Crippen LogP contribution in [0.4, 0.5) is 0 Å². The van der Waals surface area contributed by atoms with E-state index in [1.54, 1.807) is 10.9 Å². The summed E-state index contributed by atoms with van der Waals surface area (Å²) in [6.45, 7) is 0. The molecule has 6 rings (SSSR count). The molecule has 2 aromatic heterocycles. The van der Waals surface area contributed by atoms with Crippen LogP contribution in [0.25, 0.3) is 16.8 Å². The summed E-state index contributed by atoms with van der Waals surface area (Å²) in [6, 6.07) is 17.4. The number of methoxy groups -OCH3 is 1. The van der Waals surface area contributed by atoms with Crippen LogP contribution in [-0.4, -0.2) is 37.9 Å². The van der Waals surface area contributed by atoms with E-state index in [2.05, 4.69) is 57.9 Å². The molecule has 2 aromatic carbocycles. The number of aromatic nitrogens is 5. The second-order valence-electron chi connectivity index (χ2n) is 10.9. The first-order valence-corrected chi connectivity index (χ1v) is 13.8. The second kappa shape index (κ2) is 10.6. The molecule has 2 heterocycles. The Morgan fingerprint density at radius 3 is 2.58 bits per heavy atom. The lowest BCUT2D eigenvalue weighted by Crippen LogP contribution is -2.08. The van der Waals surface area contributed by atoms with Gasteiger partial charge in [-0.1, -0.05) is 73.7 Å². The fourth-order valence-electron chi connectivity index (χ4n) is 6.12. The number of hydrogen-bond acceptors (Lipinski definition) is 5. The number of esters is 1. The summed E-state index contributed by atoms with van der Waals surface area (Å²) in [5.74, 6) is 0.866. The van der Waals surface area contributed by atoms with Gasteiger partial charge in [0.15, 0.2) is 0 Å². The molecule has 2 unspecified atom stereocenters. The molecule has 0 amide bonds. The fraction of sp³-hybridized carbons (Fsp3) is 0.419. The molecule has 0 saturated heterocycles. The molecule has 2 atom stereocenters. The van der Waals surface area contributed by atoms with Gasteiger partial charge in [-0.15, -0.1) is 5.10 Å². The summed E-state index contributed by atoms with van der Waals surface area (Å²) < 4.78 is 8.72. The number of carbonyl (C=O) groups is 1. The van der Waals surface area contributed by atoms with Gasteiger partial charge in [-0.25, -0.2) is 9.48 Å². The molecule has 2 aliphatic carbocycles. The average molecular weight is 510 g/mol. The number of ether oxygens (including phenoxy) is 1. The van der Waals surface area contributed by atoms with Crippen molar-refractivity contribution < 1.29 is 9.53 Å². The van der Waals surface area contributed by atoms with Gasteiger partial charge in [0.2, 0.25) is 0 Å². The van der Waals surface area contributed by atoms with Crippen molar-refractivity contribution in [2.24, 2.45) is 13.0 Å². The van der Waals surface area contributed by atoms with E-state index in [9.17, 15) is 4.79 Å². The van der Waals surface area contributed by atoms with E-state index in [1.807, 2.05) is 24.0 Å². The summed E-state index contributed by atoms with van der Waals surface area (Å²) >= 11 is 0. The van der Waals surface area contributed by atoms with Gasteiger partial charge in [0.1, 0.15) is 5.56 Å². The highest BCUT2D eigenvalue weighted by Crippen LogP contribution is 2.55. The van der Waals surface area contributed by atoms with Crippen LogP contribution in [0.2, 0.25) is 0 Å². The first kappa shape index (κ1) is 24.6. The quantitative estimate of drug-likeness (QED) is 0.263. The number of carbonyl (C=O) groups excluding carboxylic acids is 1. The molecule has 2 aliphatic rings. The number of nitrogens with zero attached hydrogens (tertiary/aromatic N) is 5. The van der Waals surface area contributed by atoms with E-state index >= 15 is 0 Å². The maximum Gasteiger partial charge on any atom is 0.341 e. The predicted octanol–water partition coefficient (Wildman–Crippen LogP) is 6.24. The third kappa shape index (κ3) is 5.02. The summed E-state index contributed by atoms with van der Waals surface area (Å²) in [6.07, 6.45) is 13.9. The first-order chi connectivity index (χ1) is 18.6. The van der Waals surface area contributed by atoms with Crippen LogP contribution in [0.1, 0.15) is 84.1 Å². The van der Waals surface area contributed by atoms with Gasteiger partial charge in [0, 0.05) is 25.1 Å². The minimum absolute atomic E-state index is 0.134. The molecule has 2 saturated carbocycles. The van der Waals surface area contributed by atoms with Crippen LogP contribution in [0.15, 0.2) is 60.9 Å². The summed E-state index contributed by atoms with van der Waals surface area (Å²) in [4.78, 5) is 12.7. The molecule has 38 heavy (non-hydrogen) atoms. The van der Waals surface area contributed by atoms with Crippen molar-refractivity contribution >= 4 is 5.97 Å². The minimum atomic E-state index is -0.363. The molecular weight excluding hydrogens is 474 g/mol. The number of benzene rings is 2. The first-order valence-electron chi connectivity index (χ1n) is 13.8.